The predicted octanol–water partition coefficient (Wildman–Crippen LogP) is 8.39. The molecule has 0 bridgehead atoms. The number of aryl methyl sites for hydroxylation is 1. The van der Waals surface area contributed by atoms with Crippen molar-refractivity contribution in [3.63, 3.8) is 0 Å². The van der Waals surface area contributed by atoms with Gasteiger partial charge in [-0.05, 0) is 63.7 Å². The van der Waals surface area contributed by atoms with Crippen LogP contribution >= 0.6 is 24.8 Å². The number of thiol groups is 1. The Balaban J connectivity index is 0.00000407. The summed E-state index contributed by atoms with van der Waals surface area (Å²) in [5.74, 6) is 0.0837. The molecule has 0 heterocycles. The third-order valence-electron chi connectivity index (χ3n) is 4.61. The summed E-state index contributed by atoms with van der Waals surface area (Å²) < 4.78 is 0.691. The van der Waals surface area contributed by atoms with Crippen LogP contribution in [-0.2, 0) is 0 Å². The zero-order valence-electron chi connectivity index (χ0n) is 19.6. The second-order valence-corrected chi connectivity index (χ2v) is 8.68. The van der Waals surface area contributed by atoms with Gasteiger partial charge in [-0.25, -0.2) is 0 Å². The molecule has 1 unspecified atom stereocenters. The van der Waals surface area contributed by atoms with E-state index in [4.69, 9.17) is 18.0 Å². The van der Waals surface area contributed by atoms with Crippen LogP contribution in [0.1, 0.15) is 65.0 Å². The summed E-state index contributed by atoms with van der Waals surface area (Å²) in [6.07, 6.45) is 9.09. The molecule has 0 saturated carbocycles. The second kappa shape index (κ2) is 15.0. The molecule has 1 rings (SSSR count). The minimum atomic E-state index is 0.0837. The van der Waals surface area contributed by atoms with Crippen molar-refractivity contribution in [2.24, 2.45) is 11.7 Å². The topological polar surface area (TPSA) is 26.0 Å². The molecule has 0 aliphatic heterocycles. The van der Waals surface area contributed by atoms with Crippen LogP contribution in [-0.4, -0.2) is 4.20 Å². The van der Waals surface area contributed by atoms with Gasteiger partial charge < -0.3 is 5.73 Å². The number of thiocarbonyl (C=S) groups is 1. The Hall–Kier alpha value is -1.84. The highest BCUT2D eigenvalue weighted by Gasteiger charge is 2.17. The van der Waals surface area contributed by atoms with E-state index in [1.807, 2.05) is 20.8 Å². The fraction of sp³-hybridized carbons (Fsp3) is 0.370. The largest absolute Gasteiger partial charge is 0.403 e. The first-order valence-corrected chi connectivity index (χ1v) is 11.4. The SMILES string of the molecule is C=C(N)CCCC(C(=S)S)/C(=C/C(C)=C/C=C(\C)c1cccc(C)c1)C(=C)C.CC. The third kappa shape index (κ3) is 10.8. The van der Waals surface area contributed by atoms with Crippen LogP contribution in [0.4, 0.5) is 0 Å². The van der Waals surface area contributed by atoms with Gasteiger partial charge in [0.15, 0.2) is 0 Å². The van der Waals surface area contributed by atoms with Gasteiger partial charge in [-0.15, -0.1) is 12.6 Å². The van der Waals surface area contributed by atoms with Crippen molar-refractivity contribution in [1.82, 2.24) is 0 Å². The van der Waals surface area contributed by atoms with E-state index in [1.54, 1.807) is 0 Å². The number of allylic oxidation sites excluding steroid dienone is 8. The van der Waals surface area contributed by atoms with Crippen molar-refractivity contribution in [2.45, 2.75) is 60.8 Å². The van der Waals surface area contributed by atoms with Crippen LogP contribution in [0, 0.1) is 12.8 Å². The Kier molecular flexibility index (Phi) is 14.1. The highest BCUT2D eigenvalue weighted by Crippen LogP contribution is 2.28. The highest BCUT2D eigenvalue weighted by molar-refractivity contribution is 8.11. The quantitative estimate of drug-likeness (QED) is 0.216. The van der Waals surface area contributed by atoms with Crippen molar-refractivity contribution < 1.29 is 0 Å². The van der Waals surface area contributed by atoms with Gasteiger partial charge in [-0.3, -0.25) is 0 Å². The van der Waals surface area contributed by atoms with Crippen molar-refractivity contribution in [3.05, 3.63) is 89.2 Å². The molecule has 0 fully saturated rings. The zero-order chi connectivity index (χ0) is 23.3. The Morgan fingerprint density at radius 1 is 1.17 bits per heavy atom. The van der Waals surface area contributed by atoms with Gasteiger partial charge in [0.25, 0.3) is 0 Å². The number of hydrogen-bond donors (Lipinski definition) is 2. The number of rotatable bonds is 10. The molecular weight excluding hydrogens is 402 g/mol. The second-order valence-electron chi connectivity index (χ2n) is 7.45. The molecule has 0 saturated heterocycles. The van der Waals surface area contributed by atoms with Gasteiger partial charge in [0.2, 0.25) is 0 Å². The lowest BCUT2D eigenvalue weighted by Gasteiger charge is -2.20. The first kappa shape index (κ1) is 28.2. The minimum Gasteiger partial charge on any atom is -0.403 e. The molecule has 1 aromatic carbocycles. The average molecular weight is 442 g/mol. The van der Waals surface area contributed by atoms with Gasteiger partial charge in [-0.2, -0.15) is 0 Å². The molecular formula is C27H39NS2. The Morgan fingerprint density at radius 2 is 1.80 bits per heavy atom. The zero-order valence-corrected chi connectivity index (χ0v) is 21.3. The molecule has 0 aliphatic carbocycles. The summed E-state index contributed by atoms with van der Waals surface area (Å²) >= 11 is 9.90. The van der Waals surface area contributed by atoms with E-state index < -0.39 is 0 Å². The number of benzene rings is 1. The van der Waals surface area contributed by atoms with Gasteiger partial charge in [0.05, 0.1) is 4.20 Å². The fourth-order valence-electron chi connectivity index (χ4n) is 3.00. The molecule has 30 heavy (non-hydrogen) atoms. The summed E-state index contributed by atoms with van der Waals surface area (Å²) in [7, 11) is 0. The molecule has 1 atom stereocenters. The standard InChI is InChI=1S/C25H33NS2.C2H6/c1-17(2)24(23(25(27)28)12-8-10-21(6)26)16-19(4)13-14-20(5)22-11-7-9-18(3)15-22;1-2/h7,9,11,13-16,23H,1,6,8,10,12,26H2,2-5H3,(H,27,28);1-2H3/b19-13+,20-14+,24-16+;. The van der Waals surface area contributed by atoms with Gasteiger partial charge in [0.1, 0.15) is 0 Å². The molecule has 1 nitrogen and oxygen atoms in total. The summed E-state index contributed by atoms with van der Waals surface area (Å²) in [6, 6.07) is 8.54. The highest BCUT2D eigenvalue weighted by atomic mass is 32.1. The molecule has 0 spiro atoms. The monoisotopic (exact) mass is 441 g/mol. The fourth-order valence-corrected chi connectivity index (χ4v) is 3.52. The maximum Gasteiger partial charge on any atom is 0.0523 e. The lowest BCUT2D eigenvalue weighted by Crippen LogP contribution is -2.12. The number of hydrogen-bond acceptors (Lipinski definition) is 2. The van der Waals surface area contributed by atoms with E-state index in [1.165, 1.54) is 16.7 Å². The normalized spacial score (nSPS) is 13.2. The average Bonchev–Trinajstić information content (AvgIpc) is 2.69. The maximum atomic E-state index is 5.70. The first-order valence-electron chi connectivity index (χ1n) is 10.6. The lowest BCUT2D eigenvalue weighted by atomic mass is 9.89. The minimum absolute atomic E-state index is 0.0837. The van der Waals surface area contributed by atoms with E-state index in [0.29, 0.717) is 9.89 Å². The summed E-state index contributed by atoms with van der Waals surface area (Å²) in [4.78, 5) is 0. The summed E-state index contributed by atoms with van der Waals surface area (Å²) in [5.41, 5.74) is 13.5. The van der Waals surface area contributed by atoms with E-state index in [9.17, 15) is 0 Å². The van der Waals surface area contributed by atoms with Crippen molar-refractivity contribution >= 4 is 34.6 Å². The first-order chi connectivity index (χ1) is 14.1. The maximum absolute atomic E-state index is 5.70. The molecule has 0 amide bonds. The van der Waals surface area contributed by atoms with Crippen molar-refractivity contribution in [1.29, 1.82) is 0 Å². The Morgan fingerprint density at radius 3 is 2.30 bits per heavy atom. The molecule has 0 aliphatic rings. The van der Waals surface area contributed by atoms with Gasteiger partial charge in [-0.1, -0.05) is 98.4 Å². The Bertz CT molecular complexity index is 825. The van der Waals surface area contributed by atoms with Crippen molar-refractivity contribution in [3.8, 4) is 0 Å². The molecule has 0 aromatic heterocycles. The number of nitrogens with two attached hydrogens (primary N) is 1. The molecule has 3 heteroatoms. The van der Waals surface area contributed by atoms with Crippen LogP contribution in [0.25, 0.3) is 5.57 Å². The lowest BCUT2D eigenvalue weighted by molar-refractivity contribution is 0.662. The van der Waals surface area contributed by atoms with Crippen LogP contribution < -0.4 is 5.73 Å². The Labute approximate surface area is 196 Å². The van der Waals surface area contributed by atoms with Gasteiger partial charge >= 0.3 is 0 Å². The van der Waals surface area contributed by atoms with E-state index in [2.05, 4.69) is 89.1 Å². The van der Waals surface area contributed by atoms with Crippen LogP contribution in [0.3, 0.4) is 0 Å². The van der Waals surface area contributed by atoms with Crippen LogP contribution in [0.5, 0.6) is 0 Å². The summed E-state index contributed by atoms with van der Waals surface area (Å²) in [6.45, 7) is 20.3. The van der Waals surface area contributed by atoms with E-state index >= 15 is 0 Å². The van der Waals surface area contributed by atoms with Crippen molar-refractivity contribution in [2.75, 3.05) is 0 Å². The van der Waals surface area contributed by atoms with Crippen LogP contribution in [0.2, 0.25) is 0 Å². The van der Waals surface area contributed by atoms with E-state index in [0.717, 1.165) is 36.0 Å². The molecule has 1 aromatic rings. The van der Waals surface area contributed by atoms with Gasteiger partial charge in [0, 0.05) is 11.6 Å². The predicted molar refractivity (Wildman–Crippen MR) is 145 cm³/mol. The van der Waals surface area contributed by atoms with E-state index in [-0.39, 0.29) is 5.92 Å². The molecule has 0 radical (unpaired) electrons. The molecule has 2 N–H and O–H groups in total. The summed E-state index contributed by atoms with van der Waals surface area (Å²) in [5, 5.41) is 0. The van der Waals surface area contributed by atoms with Crippen LogP contribution in [0.15, 0.2) is 78.1 Å². The third-order valence-corrected chi connectivity index (χ3v) is 5.21. The smallest absolute Gasteiger partial charge is 0.0523 e. The molecule has 164 valence electrons.